The molecule has 8 nitrogen and oxygen atoms in total. The number of primary amides is 1. The number of nitrogens with one attached hydrogen (secondary N) is 1. The van der Waals surface area contributed by atoms with Gasteiger partial charge in [0.1, 0.15) is 11.8 Å². The summed E-state index contributed by atoms with van der Waals surface area (Å²) in [4.78, 5) is 36.6. The van der Waals surface area contributed by atoms with Crippen molar-refractivity contribution in [2.75, 3.05) is 0 Å². The largest absolute Gasteiger partial charge is 0.506 e. The SMILES string of the molecule is NC(=O)C[C@H](NC(=O)c1cncc(O)c1)C(=O)O. The van der Waals surface area contributed by atoms with Gasteiger partial charge in [0.2, 0.25) is 5.91 Å². The van der Waals surface area contributed by atoms with E-state index in [1.54, 1.807) is 0 Å². The molecule has 2 amide bonds. The second-order valence-electron chi connectivity index (χ2n) is 3.47. The van der Waals surface area contributed by atoms with Crippen molar-refractivity contribution in [1.29, 1.82) is 0 Å². The first-order valence-corrected chi connectivity index (χ1v) is 4.86. The molecule has 0 aliphatic heterocycles. The zero-order valence-electron chi connectivity index (χ0n) is 9.16. The number of aliphatic carboxylic acids is 1. The molecule has 0 radical (unpaired) electrons. The summed E-state index contributed by atoms with van der Waals surface area (Å²) in [6.45, 7) is 0. The lowest BCUT2D eigenvalue weighted by Crippen LogP contribution is -2.43. The Morgan fingerprint density at radius 1 is 1.39 bits per heavy atom. The minimum atomic E-state index is -1.42. The third kappa shape index (κ3) is 3.74. The summed E-state index contributed by atoms with van der Waals surface area (Å²) in [5, 5.41) is 20.0. The van der Waals surface area contributed by atoms with E-state index in [4.69, 9.17) is 15.9 Å². The van der Waals surface area contributed by atoms with Gasteiger partial charge in [0.15, 0.2) is 0 Å². The molecule has 1 aromatic rings. The summed E-state index contributed by atoms with van der Waals surface area (Å²) in [7, 11) is 0. The first kappa shape index (κ1) is 13.4. The number of hydrogen-bond acceptors (Lipinski definition) is 5. The molecule has 96 valence electrons. The minimum absolute atomic E-state index is 0.0225. The predicted octanol–water partition coefficient (Wildman–Crippen LogP) is -1.15. The Labute approximate surface area is 101 Å². The van der Waals surface area contributed by atoms with Gasteiger partial charge in [-0.1, -0.05) is 0 Å². The summed E-state index contributed by atoms with van der Waals surface area (Å²) in [6, 6.07) is -0.303. The van der Waals surface area contributed by atoms with Crippen LogP contribution in [-0.4, -0.2) is 39.0 Å². The highest BCUT2D eigenvalue weighted by atomic mass is 16.4. The van der Waals surface area contributed by atoms with Crippen molar-refractivity contribution in [2.24, 2.45) is 5.73 Å². The number of aromatic hydroxyl groups is 1. The van der Waals surface area contributed by atoms with Gasteiger partial charge in [-0.3, -0.25) is 14.6 Å². The summed E-state index contributed by atoms with van der Waals surface area (Å²) >= 11 is 0. The maximum atomic E-state index is 11.6. The van der Waals surface area contributed by atoms with Crippen LogP contribution in [0.1, 0.15) is 16.8 Å². The van der Waals surface area contributed by atoms with Crippen molar-refractivity contribution in [1.82, 2.24) is 10.3 Å². The van der Waals surface area contributed by atoms with Crippen LogP contribution in [0.4, 0.5) is 0 Å². The lowest BCUT2D eigenvalue weighted by molar-refractivity contribution is -0.140. The standard InChI is InChI=1S/C10H11N3O5/c11-8(15)2-7(10(17)18)13-9(16)5-1-6(14)4-12-3-5/h1,3-4,7,14H,2H2,(H2,11,15)(H,13,16)(H,17,18)/t7-/m0/s1. The Morgan fingerprint density at radius 2 is 2.06 bits per heavy atom. The van der Waals surface area contributed by atoms with Crippen LogP contribution in [-0.2, 0) is 9.59 Å². The van der Waals surface area contributed by atoms with Gasteiger partial charge in [0.25, 0.3) is 5.91 Å². The highest BCUT2D eigenvalue weighted by Crippen LogP contribution is 2.08. The fourth-order valence-electron chi connectivity index (χ4n) is 1.19. The Kier molecular flexibility index (Phi) is 4.19. The summed E-state index contributed by atoms with van der Waals surface area (Å²) in [5.41, 5.74) is 4.84. The van der Waals surface area contributed by atoms with E-state index in [9.17, 15) is 14.4 Å². The van der Waals surface area contributed by atoms with Crippen molar-refractivity contribution >= 4 is 17.8 Å². The number of amides is 2. The number of carbonyl (C=O) groups is 3. The van der Waals surface area contributed by atoms with Gasteiger partial charge >= 0.3 is 5.97 Å². The molecule has 1 aromatic heterocycles. The maximum Gasteiger partial charge on any atom is 0.326 e. The molecule has 0 saturated heterocycles. The quantitative estimate of drug-likeness (QED) is 0.521. The number of carboxylic acids is 1. The highest BCUT2D eigenvalue weighted by Gasteiger charge is 2.22. The van der Waals surface area contributed by atoms with E-state index < -0.39 is 30.2 Å². The van der Waals surface area contributed by atoms with E-state index in [1.807, 2.05) is 0 Å². The molecule has 0 spiro atoms. The lowest BCUT2D eigenvalue weighted by Gasteiger charge is -2.12. The minimum Gasteiger partial charge on any atom is -0.506 e. The van der Waals surface area contributed by atoms with Crippen LogP contribution >= 0.6 is 0 Å². The molecule has 1 rings (SSSR count). The van der Waals surface area contributed by atoms with Gasteiger partial charge in [-0.25, -0.2) is 4.79 Å². The zero-order chi connectivity index (χ0) is 13.7. The number of nitrogens with zero attached hydrogens (tertiary/aromatic N) is 1. The first-order chi connectivity index (χ1) is 8.40. The highest BCUT2D eigenvalue weighted by molar-refractivity contribution is 5.97. The van der Waals surface area contributed by atoms with Crippen molar-refractivity contribution < 1.29 is 24.6 Å². The monoisotopic (exact) mass is 253 g/mol. The summed E-state index contributed by atoms with van der Waals surface area (Å²) < 4.78 is 0. The Morgan fingerprint density at radius 3 is 2.56 bits per heavy atom. The zero-order valence-corrected chi connectivity index (χ0v) is 9.16. The van der Waals surface area contributed by atoms with Crippen LogP contribution in [0.15, 0.2) is 18.5 Å². The average Bonchev–Trinajstić information content (AvgIpc) is 2.27. The molecule has 5 N–H and O–H groups in total. The number of carboxylic acid groups (broad SMARTS) is 1. The molecular weight excluding hydrogens is 242 g/mol. The average molecular weight is 253 g/mol. The molecule has 0 aromatic carbocycles. The molecule has 0 bridgehead atoms. The van der Waals surface area contributed by atoms with Crippen molar-refractivity contribution in [3.63, 3.8) is 0 Å². The first-order valence-electron chi connectivity index (χ1n) is 4.86. The Hall–Kier alpha value is -2.64. The number of aromatic nitrogens is 1. The van der Waals surface area contributed by atoms with Crippen LogP contribution in [0.3, 0.4) is 0 Å². The second kappa shape index (κ2) is 5.62. The molecule has 18 heavy (non-hydrogen) atoms. The van der Waals surface area contributed by atoms with E-state index >= 15 is 0 Å². The second-order valence-corrected chi connectivity index (χ2v) is 3.47. The van der Waals surface area contributed by atoms with Gasteiger partial charge < -0.3 is 21.3 Å². The molecule has 0 aliphatic rings. The molecule has 0 unspecified atom stereocenters. The van der Waals surface area contributed by atoms with Crippen LogP contribution in [0, 0.1) is 0 Å². The summed E-state index contributed by atoms with van der Waals surface area (Å²) in [5.74, 6) is -3.23. The lowest BCUT2D eigenvalue weighted by atomic mass is 10.1. The molecule has 1 atom stereocenters. The van der Waals surface area contributed by atoms with Gasteiger partial charge in [-0.2, -0.15) is 0 Å². The number of nitrogens with two attached hydrogens (primary N) is 1. The third-order valence-corrected chi connectivity index (χ3v) is 1.99. The molecule has 0 saturated carbocycles. The molecular formula is C10H11N3O5. The predicted molar refractivity (Wildman–Crippen MR) is 58.6 cm³/mol. The van der Waals surface area contributed by atoms with E-state index in [-0.39, 0.29) is 11.3 Å². The number of hydrogen-bond donors (Lipinski definition) is 4. The molecule has 0 fully saturated rings. The van der Waals surface area contributed by atoms with Crippen molar-refractivity contribution in [3.05, 3.63) is 24.0 Å². The van der Waals surface area contributed by atoms with E-state index in [1.165, 1.54) is 0 Å². The Balaban J connectivity index is 2.78. The smallest absolute Gasteiger partial charge is 0.326 e. The van der Waals surface area contributed by atoms with E-state index in [2.05, 4.69) is 10.3 Å². The normalized spacial score (nSPS) is 11.6. The fourth-order valence-corrected chi connectivity index (χ4v) is 1.19. The van der Waals surface area contributed by atoms with Crippen LogP contribution in [0.25, 0.3) is 0 Å². The summed E-state index contributed by atoms with van der Waals surface area (Å²) in [6.07, 6.45) is 1.75. The molecule has 0 aliphatic carbocycles. The third-order valence-electron chi connectivity index (χ3n) is 1.99. The maximum absolute atomic E-state index is 11.6. The van der Waals surface area contributed by atoms with E-state index in [0.29, 0.717) is 0 Å². The van der Waals surface area contributed by atoms with Crippen molar-refractivity contribution in [3.8, 4) is 5.75 Å². The van der Waals surface area contributed by atoms with Gasteiger partial charge in [0.05, 0.1) is 18.2 Å². The van der Waals surface area contributed by atoms with Crippen molar-refractivity contribution in [2.45, 2.75) is 12.5 Å². The van der Waals surface area contributed by atoms with Gasteiger partial charge in [-0.05, 0) is 6.07 Å². The van der Waals surface area contributed by atoms with Crippen LogP contribution < -0.4 is 11.1 Å². The molecule has 1 heterocycles. The van der Waals surface area contributed by atoms with Crippen LogP contribution in [0.2, 0.25) is 0 Å². The van der Waals surface area contributed by atoms with Crippen LogP contribution in [0.5, 0.6) is 5.75 Å². The number of rotatable bonds is 5. The van der Waals surface area contributed by atoms with Gasteiger partial charge in [-0.15, -0.1) is 0 Å². The number of carbonyl (C=O) groups excluding carboxylic acids is 2. The number of pyridine rings is 1. The fraction of sp³-hybridized carbons (Fsp3) is 0.200. The Bertz CT molecular complexity index is 488. The molecule has 8 heteroatoms. The van der Waals surface area contributed by atoms with Gasteiger partial charge in [0, 0.05) is 6.20 Å². The van der Waals surface area contributed by atoms with E-state index in [0.717, 1.165) is 18.5 Å². The topological polar surface area (TPSA) is 143 Å².